The number of hydrogen-bond acceptors (Lipinski definition) is 5. The normalized spacial score (nSPS) is 28.3. The number of hydrogen-bond donors (Lipinski definition) is 2. The number of Topliss-reactive ketones (excluding diaryl/α,β-unsaturated/α-hetero) is 1. The highest BCUT2D eigenvalue weighted by atomic mass is 16.6. The van der Waals surface area contributed by atoms with Crippen molar-refractivity contribution in [3.8, 4) is 0 Å². The lowest BCUT2D eigenvalue weighted by Gasteiger charge is -2.33. The largest absolute Gasteiger partial charge is 0.394 e. The highest BCUT2D eigenvalue weighted by Crippen LogP contribution is 2.17. The molecule has 2 unspecified atom stereocenters. The maximum absolute atomic E-state index is 11.3. The summed E-state index contributed by atoms with van der Waals surface area (Å²) in [7, 11) is 0. The van der Waals surface area contributed by atoms with E-state index < -0.39 is 24.1 Å². The van der Waals surface area contributed by atoms with E-state index in [0.717, 1.165) is 5.56 Å². The fraction of sp³-hybridized carbons (Fsp3) is 0.462. The molecule has 2 N–H and O–H groups in total. The molecular weight excluding hydrogens is 236 g/mol. The van der Waals surface area contributed by atoms with Gasteiger partial charge in [-0.05, 0) is 5.56 Å². The third kappa shape index (κ3) is 2.94. The molecule has 0 amide bonds. The fourth-order valence-electron chi connectivity index (χ4n) is 1.88. The molecule has 0 bridgehead atoms. The van der Waals surface area contributed by atoms with Gasteiger partial charge in [0.1, 0.15) is 24.9 Å². The van der Waals surface area contributed by atoms with Crippen LogP contribution >= 0.6 is 0 Å². The molecule has 1 heterocycles. The van der Waals surface area contributed by atoms with E-state index in [-0.39, 0.29) is 19.8 Å². The molecule has 1 aliphatic rings. The predicted molar refractivity (Wildman–Crippen MR) is 62.9 cm³/mol. The van der Waals surface area contributed by atoms with Gasteiger partial charge >= 0.3 is 0 Å². The van der Waals surface area contributed by atoms with Crippen LogP contribution in [-0.2, 0) is 20.9 Å². The Bertz CT molecular complexity index is 392. The Morgan fingerprint density at radius 2 is 2.06 bits per heavy atom. The van der Waals surface area contributed by atoms with Gasteiger partial charge in [-0.3, -0.25) is 4.79 Å². The summed E-state index contributed by atoms with van der Waals surface area (Å²) in [5.74, 6) is -0.419. The zero-order chi connectivity index (χ0) is 13.0. The van der Waals surface area contributed by atoms with Crippen LogP contribution < -0.4 is 0 Å². The van der Waals surface area contributed by atoms with E-state index >= 15 is 0 Å². The number of aliphatic hydroxyl groups excluding tert-OH is 2. The Morgan fingerprint density at radius 3 is 2.72 bits per heavy atom. The summed E-state index contributed by atoms with van der Waals surface area (Å²) in [6.07, 6.45) is -2.72. The smallest absolute Gasteiger partial charge is 0.189 e. The SMILES string of the molecule is O=C1COC(CO)[C@@H](OCc2ccccc2)C1O. The molecule has 1 aromatic rings. The van der Waals surface area contributed by atoms with Crippen molar-refractivity contribution in [2.45, 2.75) is 24.9 Å². The molecule has 0 spiro atoms. The number of aliphatic hydroxyl groups is 2. The topological polar surface area (TPSA) is 76.0 Å². The fourth-order valence-corrected chi connectivity index (χ4v) is 1.88. The second kappa shape index (κ2) is 6.06. The predicted octanol–water partition coefficient (Wildman–Crippen LogP) is -0.107. The lowest BCUT2D eigenvalue weighted by Crippen LogP contribution is -2.53. The third-order valence-corrected chi connectivity index (χ3v) is 2.91. The number of rotatable bonds is 4. The maximum Gasteiger partial charge on any atom is 0.189 e. The summed E-state index contributed by atoms with van der Waals surface area (Å²) in [6.45, 7) is -0.211. The number of benzene rings is 1. The molecule has 0 aliphatic carbocycles. The van der Waals surface area contributed by atoms with Gasteiger partial charge in [0, 0.05) is 0 Å². The molecule has 5 nitrogen and oxygen atoms in total. The van der Waals surface area contributed by atoms with Gasteiger partial charge in [-0.2, -0.15) is 0 Å². The van der Waals surface area contributed by atoms with Crippen LogP contribution in [0.4, 0.5) is 0 Å². The summed E-state index contributed by atoms with van der Waals surface area (Å²) in [5, 5.41) is 18.9. The van der Waals surface area contributed by atoms with Crippen molar-refractivity contribution in [2.24, 2.45) is 0 Å². The lowest BCUT2D eigenvalue weighted by molar-refractivity contribution is -0.183. The van der Waals surface area contributed by atoms with Gasteiger partial charge in [0.2, 0.25) is 0 Å². The van der Waals surface area contributed by atoms with Gasteiger partial charge in [0.15, 0.2) is 5.78 Å². The Kier molecular flexibility index (Phi) is 4.43. The Morgan fingerprint density at radius 1 is 1.33 bits per heavy atom. The van der Waals surface area contributed by atoms with Gasteiger partial charge in [-0.15, -0.1) is 0 Å². The van der Waals surface area contributed by atoms with E-state index in [4.69, 9.17) is 14.6 Å². The highest BCUT2D eigenvalue weighted by molar-refractivity contribution is 5.85. The first-order valence-electron chi connectivity index (χ1n) is 5.81. The van der Waals surface area contributed by atoms with E-state index in [0.29, 0.717) is 0 Å². The Balaban J connectivity index is 1.98. The molecule has 2 rings (SSSR count). The van der Waals surface area contributed by atoms with E-state index in [1.165, 1.54) is 0 Å². The molecule has 1 saturated heterocycles. The standard InChI is InChI=1S/C13H16O5/c14-6-11-13(12(16)10(15)8-17-11)18-7-9-4-2-1-3-5-9/h1-5,11-14,16H,6-8H2/t11?,12?,13-/m1/s1. The molecule has 1 aromatic carbocycles. The molecular formula is C13H16O5. The van der Waals surface area contributed by atoms with Crippen molar-refractivity contribution in [1.82, 2.24) is 0 Å². The van der Waals surface area contributed by atoms with Gasteiger partial charge in [-0.25, -0.2) is 0 Å². The van der Waals surface area contributed by atoms with Crippen LogP contribution in [0, 0.1) is 0 Å². The van der Waals surface area contributed by atoms with E-state index in [2.05, 4.69) is 0 Å². The molecule has 98 valence electrons. The number of ether oxygens (including phenoxy) is 2. The quantitative estimate of drug-likeness (QED) is 0.782. The van der Waals surface area contributed by atoms with Gasteiger partial charge in [-0.1, -0.05) is 30.3 Å². The van der Waals surface area contributed by atoms with Gasteiger partial charge in [0.25, 0.3) is 0 Å². The molecule has 0 radical (unpaired) electrons. The van der Waals surface area contributed by atoms with E-state index in [1.54, 1.807) is 0 Å². The van der Waals surface area contributed by atoms with E-state index in [9.17, 15) is 9.90 Å². The first kappa shape index (κ1) is 13.2. The van der Waals surface area contributed by atoms with Crippen LogP contribution in [0.1, 0.15) is 5.56 Å². The number of carbonyl (C=O) groups excluding carboxylic acids is 1. The first-order valence-corrected chi connectivity index (χ1v) is 5.81. The summed E-state index contributed by atoms with van der Waals surface area (Å²) < 4.78 is 10.6. The second-order valence-corrected chi connectivity index (χ2v) is 4.20. The first-order chi connectivity index (χ1) is 8.72. The van der Waals surface area contributed by atoms with Crippen molar-refractivity contribution in [2.75, 3.05) is 13.2 Å². The average molecular weight is 252 g/mol. The van der Waals surface area contributed by atoms with Crippen LogP contribution in [0.15, 0.2) is 30.3 Å². The molecule has 0 saturated carbocycles. The van der Waals surface area contributed by atoms with Crippen LogP contribution in [0.5, 0.6) is 0 Å². The third-order valence-electron chi connectivity index (χ3n) is 2.91. The van der Waals surface area contributed by atoms with Crippen LogP contribution in [-0.4, -0.2) is 47.5 Å². The number of ketones is 1. The zero-order valence-electron chi connectivity index (χ0n) is 9.86. The Hall–Kier alpha value is -1.27. The van der Waals surface area contributed by atoms with Gasteiger partial charge in [0.05, 0.1) is 13.2 Å². The minimum atomic E-state index is -1.24. The molecule has 1 fully saturated rings. The van der Waals surface area contributed by atoms with Crippen LogP contribution in [0.2, 0.25) is 0 Å². The summed E-state index contributed by atoms with van der Waals surface area (Å²) in [6, 6.07) is 9.40. The molecule has 1 aliphatic heterocycles. The monoisotopic (exact) mass is 252 g/mol. The summed E-state index contributed by atoms with van der Waals surface area (Å²) >= 11 is 0. The lowest BCUT2D eigenvalue weighted by atomic mass is 10.0. The van der Waals surface area contributed by atoms with E-state index in [1.807, 2.05) is 30.3 Å². The molecule has 0 aromatic heterocycles. The molecule has 18 heavy (non-hydrogen) atoms. The van der Waals surface area contributed by atoms with Crippen molar-refractivity contribution >= 4 is 5.78 Å². The number of carbonyl (C=O) groups is 1. The van der Waals surface area contributed by atoms with Crippen molar-refractivity contribution in [1.29, 1.82) is 0 Å². The maximum atomic E-state index is 11.3. The second-order valence-electron chi connectivity index (χ2n) is 4.20. The van der Waals surface area contributed by atoms with Gasteiger partial charge < -0.3 is 19.7 Å². The minimum absolute atomic E-state index is 0.183. The van der Waals surface area contributed by atoms with Crippen molar-refractivity contribution < 1.29 is 24.5 Å². The molecule has 3 atom stereocenters. The Labute approximate surface area is 105 Å². The van der Waals surface area contributed by atoms with Crippen LogP contribution in [0.3, 0.4) is 0 Å². The zero-order valence-corrected chi connectivity index (χ0v) is 9.86. The van der Waals surface area contributed by atoms with Crippen LogP contribution in [0.25, 0.3) is 0 Å². The minimum Gasteiger partial charge on any atom is -0.394 e. The highest BCUT2D eigenvalue weighted by Gasteiger charge is 2.38. The van der Waals surface area contributed by atoms with Crippen molar-refractivity contribution in [3.05, 3.63) is 35.9 Å². The molecule has 5 heteroatoms. The summed E-state index contributed by atoms with van der Waals surface area (Å²) in [4.78, 5) is 11.3. The average Bonchev–Trinajstić information content (AvgIpc) is 2.41. The summed E-state index contributed by atoms with van der Waals surface area (Å²) in [5.41, 5.74) is 0.930. The van der Waals surface area contributed by atoms with Crippen molar-refractivity contribution in [3.63, 3.8) is 0 Å².